The Labute approximate surface area is 200 Å². The highest BCUT2D eigenvalue weighted by Gasteiger charge is 2.20. The number of nitrogens with one attached hydrogen (secondary N) is 3. The lowest BCUT2D eigenvalue weighted by molar-refractivity contribution is 0.198. The minimum absolute atomic E-state index is 0. The fourth-order valence-corrected chi connectivity index (χ4v) is 4.81. The molecule has 0 aliphatic carbocycles. The molecule has 3 heterocycles. The van der Waals surface area contributed by atoms with Gasteiger partial charge in [-0.15, -0.1) is 24.0 Å². The van der Waals surface area contributed by atoms with E-state index in [0.29, 0.717) is 6.04 Å². The first kappa shape index (κ1) is 23.1. The summed E-state index contributed by atoms with van der Waals surface area (Å²) in [5, 5.41) is 12.9. The van der Waals surface area contributed by atoms with Gasteiger partial charge in [0.05, 0.1) is 0 Å². The Hall–Kier alpha value is -1.58. The topological polar surface area (TPSA) is 55.5 Å². The van der Waals surface area contributed by atoms with E-state index in [2.05, 4.69) is 73.7 Å². The lowest BCUT2D eigenvalue weighted by atomic mass is 10.0. The maximum absolute atomic E-state index is 4.43. The molecule has 1 fully saturated rings. The monoisotopic (exact) mass is 537 g/mol. The number of guanidine groups is 1. The highest BCUT2D eigenvalue weighted by Crippen LogP contribution is 2.21. The molecule has 1 aliphatic heterocycles. The molecule has 5 nitrogen and oxygen atoms in total. The van der Waals surface area contributed by atoms with Gasteiger partial charge in [0.15, 0.2) is 5.96 Å². The summed E-state index contributed by atoms with van der Waals surface area (Å²) < 4.78 is 0. The smallest absolute Gasteiger partial charge is 0.191 e. The van der Waals surface area contributed by atoms with Gasteiger partial charge in [0.1, 0.15) is 0 Å². The zero-order valence-corrected chi connectivity index (χ0v) is 20.9. The van der Waals surface area contributed by atoms with Gasteiger partial charge in [-0.1, -0.05) is 18.2 Å². The van der Waals surface area contributed by atoms with Crippen LogP contribution in [0.15, 0.2) is 46.2 Å². The van der Waals surface area contributed by atoms with Gasteiger partial charge in [-0.25, -0.2) is 0 Å². The SMILES string of the molecule is CN=C(NCCc1c[nH]c2c(C)cccc12)NC1CCN(Cc2ccsc2)CC1.I. The number of H-pyrrole nitrogens is 1. The van der Waals surface area contributed by atoms with Crippen molar-refractivity contribution in [2.75, 3.05) is 26.7 Å². The number of fused-ring (bicyclic) bond motifs is 1. The zero-order valence-electron chi connectivity index (χ0n) is 17.8. The third-order valence-corrected chi connectivity index (χ3v) is 6.57. The van der Waals surface area contributed by atoms with Crippen LogP contribution < -0.4 is 10.6 Å². The lowest BCUT2D eigenvalue weighted by Crippen LogP contribution is -2.48. The summed E-state index contributed by atoms with van der Waals surface area (Å²) in [5.41, 5.74) is 5.34. The highest BCUT2D eigenvalue weighted by molar-refractivity contribution is 14.0. The predicted molar refractivity (Wildman–Crippen MR) is 139 cm³/mol. The van der Waals surface area contributed by atoms with Crippen LogP contribution in [0.2, 0.25) is 0 Å². The van der Waals surface area contributed by atoms with Crippen LogP contribution in [-0.2, 0) is 13.0 Å². The number of hydrogen-bond donors (Lipinski definition) is 3. The van der Waals surface area contributed by atoms with E-state index in [4.69, 9.17) is 0 Å². The van der Waals surface area contributed by atoms with Gasteiger partial charge < -0.3 is 15.6 Å². The van der Waals surface area contributed by atoms with Crippen molar-refractivity contribution in [3.63, 3.8) is 0 Å². The molecular weight excluding hydrogens is 505 g/mol. The van der Waals surface area contributed by atoms with Crippen molar-refractivity contribution in [2.24, 2.45) is 4.99 Å². The minimum atomic E-state index is 0. The number of thiophene rings is 1. The molecule has 0 spiro atoms. The Kier molecular flexibility index (Phi) is 8.59. The first-order chi connectivity index (χ1) is 14.2. The maximum atomic E-state index is 4.43. The maximum Gasteiger partial charge on any atom is 0.191 e. The number of benzene rings is 1. The molecule has 0 amide bonds. The second kappa shape index (κ2) is 11.2. The number of aliphatic imine (C=N–C) groups is 1. The molecule has 0 bridgehead atoms. The van der Waals surface area contributed by atoms with Gasteiger partial charge in [-0.3, -0.25) is 9.89 Å². The molecular formula is C23H32IN5S. The number of aryl methyl sites for hydroxylation is 1. The molecule has 4 rings (SSSR count). The number of nitrogens with zero attached hydrogens (tertiary/aromatic N) is 2. The van der Waals surface area contributed by atoms with Crippen molar-refractivity contribution in [3.05, 3.63) is 57.9 Å². The number of rotatable bonds is 6. The fraction of sp³-hybridized carbons (Fsp3) is 0.435. The molecule has 30 heavy (non-hydrogen) atoms. The normalized spacial score (nSPS) is 15.9. The van der Waals surface area contributed by atoms with Crippen LogP contribution in [0.4, 0.5) is 0 Å². The molecule has 0 atom stereocenters. The first-order valence-corrected chi connectivity index (χ1v) is 11.4. The van der Waals surface area contributed by atoms with Crippen LogP contribution >= 0.6 is 35.3 Å². The molecule has 0 radical (unpaired) electrons. The summed E-state index contributed by atoms with van der Waals surface area (Å²) in [5.74, 6) is 0.914. The first-order valence-electron chi connectivity index (χ1n) is 10.5. The van der Waals surface area contributed by atoms with E-state index in [9.17, 15) is 0 Å². The zero-order chi connectivity index (χ0) is 20.1. The second-order valence-electron chi connectivity index (χ2n) is 7.89. The van der Waals surface area contributed by atoms with E-state index in [1.54, 1.807) is 11.3 Å². The Balaban J connectivity index is 0.00000256. The molecule has 3 N–H and O–H groups in total. The Morgan fingerprint density at radius 1 is 1.27 bits per heavy atom. The highest BCUT2D eigenvalue weighted by atomic mass is 127. The summed E-state index contributed by atoms with van der Waals surface area (Å²) in [6.07, 6.45) is 5.43. The number of aromatic nitrogens is 1. The number of para-hydroxylation sites is 1. The molecule has 1 aromatic carbocycles. The summed E-state index contributed by atoms with van der Waals surface area (Å²) in [6.45, 7) is 6.38. The average Bonchev–Trinajstić information content (AvgIpc) is 3.39. The molecule has 162 valence electrons. The number of piperidine rings is 1. The molecule has 0 saturated carbocycles. The van der Waals surface area contributed by atoms with E-state index in [-0.39, 0.29) is 24.0 Å². The van der Waals surface area contributed by atoms with Gasteiger partial charge in [-0.05, 0) is 59.7 Å². The van der Waals surface area contributed by atoms with Crippen molar-refractivity contribution in [1.29, 1.82) is 0 Å². The summed E-state index contributed by atoms with van der Waals surface area (Å²) in [6, 6.07) is 9.21. The predicted octanol–water partition coefficient (Wildman–Crippen LogP) is 4.53. The van der Waals surface area contributed by atoms with Crippen molar-refractivity contribution in [2.45, 2.75) is 38.8 Å². The minimum Gasteiger partial charge on any atom is -0.361 e. The Morgan fingerprint density at radius 3 is 2.83 bits per heavy atom. The number of likely N-dealkylation sites (tertiary alicyclic amines) is 1. The van der Waals surface area contributed by atoms with Gasteiger partial charge in [-0.2, -0.15) is 11.3 Å². The van der Waals surface area contributed by atoms with E-state index in [1.807, 2.05) is 7.05 Å². The van der Waals surface area contributed by atoms with Gasteiger partial charge >= 0.3 is 0 Å². The van der Waals surface area contributed by atoms with Crippen molar-refractivity contribution in [3.8, 4) is 0 Å². The number of aromatic amines is 1. The van der Waals surface area contributed by atoms with Crippen LogP contribution in [0.1, 0.15) is 29.5 Å². The van der Waals surface area contributed by atoms with Gasteiger partial charge in [0.25, 0.3) is 0 Å². The molecule has 0 unspecified atom stereocenters. The van der Waals surface area contributed by atoms with E-state index in [0.717, 1.165) is 51.4 Å². The van der Waals surface area contributed by atoms with Crippen LogP contribution in [0.25, 0.3) is 10.9 Å². The fourth-order valence-electron chi connectivity index (χ4n) is 4.15. The molecule has 3 aromatic rings. The van der Waals surface area contributed by atoms with Gasteiger partial charge in [0.2, 0.25) is 0 Å². The van der Waals surface area contributed by atoms with Crippen molar-refractivity contribution < 1.29 is 0 Å². The summed E-state index contributed by atoms with van der Waals surface area (Å²) in [7, 11) is 1.86. The second-order valence-corrected chi connectivity index (χ2v) is 8.67. The standard InChI is InChI=1S/C23H31N5S.HI/c1-17-4-3-5-21-19(14-26-22(17)21)6-10-25-23(24-2)27-20-7-11-28(12-8-20)15-18-9-13-29-16-18;/h3-5,9,13-14,16,20,26H,6-8,10-12,15H2,1-2H3,(H2,24,25,27);1H. The van der Waals surface area contributed by atoms with Crippen LogP contribution in [0.5, 0.6) is 0 Å². The van der Waals surface area contributed by atoms with Gasteiger partial charge in [0, 0.05) is 56.4 Å². The number of halogens is 1. The molecule has 7 heteroatoms. The summed E-state index contributed by atoms with van der Waals surface area (Å²) >= 11 is 1.78. The van der Waals surface area contributed by atoms with Crippen LogP contribution in [0, 0.1) is 6.92 Å². The van der Waals surface area contributed by atoms with Crippen molar-refractivity contribution >= 4 is 52.2 Å². The quantitative estimate of drug-likeness (QED) is 0.246. The van der Waals surface area contributed by atoms with Crippen LogP contribution in [-0.4, -0.2) is 48.6 Å². The van der Waals surface area contributed by atoms with Crippen molar-refractivity contribution in [1.82, 2.24) is 20.5 Å². The van der Waals surface area contributed by atoms with Crippen LogP contribution in [0.3, 0.4) is 0 Å². The van der Waals surface area contributed by atoms with E-state index < -0.39 is 0 Å². The molecule has 1 saturated heterocycles. The average molecular weight is 538 g/mol. The molecule has 2 aromatic heterocycles. The Morgan fingerprint density at radius 2 is 2.10 bits per heavy atom. The van der Waals surface area contributed by atoms with E-state index in [1.165, 1.54) is 27.6 Å². The summed E-state index contributed by atoms with van der Waals surface area (Å²) in [4.78, 5) is 10.4. The molecule has 1 aliphatic rings. The third-order valence-electron chi connectivity index (χ3n) is 5.83. The third kappa shape index (κ3) is 5.76. The lowest BCUT2D eigenvalue weighted by Gasteiger charge is -2.32. The largest absolute Gasteiger partial charge is 0.361 e. The Bertz CT molecular complexity index is 942. The number of hydrogen-bond acceptors (Lipinski definition) is 3. The van der Waals surface area contributed by atoms with E-state index >= 15 is 0 Å².